The molecule has 1 unspecified atom stereocenters. The van der Waals surface area contributed by atoms with E-state index in [2.05, 4.69) is 42.3 Å². The number of nitrogens with zero attached hydrogens (tertiary/aromatic N) is 2. The molecule has 5 nitrogen and oxygen atoms in total. The molecule has 29 heavy (non-hydrogen) atoms. The summed E-state index contributed by atoms with van der Waals surface area (Å²) in [6.07, 6.45) is 3.22. The topological polar surface area (TPSA) is 52.6 Å². The van der Waals surface area contributed by atoms with Gasteiger partial charge in [-0.25, -0.2) is 0 Å². The van der Waals surface area contributed by atoms with Gasteiger partial charge in [0.05, 0.1) is 0 Å². The molecule has 1 N–H and O–H groups in total. The summed E-state index contributed by atoms with van der Waals surface area (Å²) < 4.78 is 0. The van der Waals surface area contributed by atoms with E-state index in [9.17, 15) is 9.59 Å². The molecule has 1 aliphatic heterocycles. The van der Waals surface area contributed by atoms with Crippen LogP contribution < -0.4 is 10.2 Å². The van der Waals surface area contributed by atoms with Crippen molar-refractivity contribution >= 4 is 23.6 Å². The van der Waals surface area contributed by atoms with Crippen LogP contribution in [0.1, 0.15) is 23.6 Å². The molecule has 2 amide bonds. The first-order chi connectivity index (χ1) is 14.0. The summed E-state index contributed by atoms with van der Waals surface area (Å²) in [7, 11) is 0. The van der Waals surface area contributed by atoms with Crippen LogP contribution in [0.2, 0.25) is 0 Å². The maximum atomic E-state index is 12.7. The summed E-state index contributed by atoms with van der Waals surface area (Å²) >= 11 is 0. The van der Waals surface area contributed by atoms with Gasteiger partial charge in [-0.1, -0.05) is 42.5 Å². The van der Waals surface area contributed by atoms with Crippen molar-refractivity contribution in [3.8, 4) is 0 Å². The van der Waals surface area contributed by atoms with Gasteiger partial charge in [-0.05, 0) is 49.6 Å². The van der Waals surface area contributed by atoms with Crippen molar-refractivity contribution in [3.63, 3.8) is 0 Å². The fourth-order valence-electron chi connectivity index (χ4n) is 3.58. The zero-order chi connectivity index (χ0) is 20.8. The Morgan fingerprint density at radius 2 is 1.66 bits per heavy atom. The molecule has 3 rings (SSSR count). The van der Waals surface area contributed by atoms with E-state index in [4.69, 9.17) is 0 Å². The Morgan fingerprint density at radius 1 is 0.966 bits per heavy atom. The minimum absolute atomic E-state index is 0.0351. The van der Waals surface area contributed by atoms with Gasteiger partial charge in [-0.15, -0.1) is 0 Å². The fourth-order valence-corrected chi connectivity index (χ4v) is 3.58. The summed E-state index contributed by atoms with van der Waals surface area (Å²) in [5.74, 6) is -0.296. The quantitative estimate of drug-likeness (QED) is 0.797. The van der Waals surface area contributed by atoms with Crippen LogP contribution >= 0.6 is 0 Å². The normalized spacial score (nSPS) is 15.4. The molecule has 1 fully saturated rings. The number of aryl methyl sites for hydroxylation is 1. The molecule has 1 aliphatic rings. The Bertz CT molecular complexity index is 884. The van der Waals surface area contributed by atoms with Gasteiger partial charge in [0.25, 0.3) is 0 Å². The number of amides is 2. The third-order valence-electron chi connectivity index (χ3n) is 5.46. The third kappa shape index (κ3) is 5.25. The van der Waals surface area contributed by atoms with Gasteiger partial charge in [0.2, 0.25) is 11.8 Å². The summed E-state index contributed by atoms with van der Waals surface area (Å²) in [6, 6.07) is 15.4. The van der Waals surface area contributed by atoms with Crippen molar-refractivity contribution in [1.29, 1.82) is 0 Å². The number of hydrogen-bond acceptors (Lipinski definition) is 3. The zero-order valence-electron chi connectivity index (χ0n) is 17.4. The molecule has 2 aromatic rings. The van der Waals surface area contributed by atoms with Gasteiger partial charge in [0, 0.05) is 37.9 Å². The highest BCUT2D eigenvalue weighted by atomic mass is 16.2. The van der Waals surface area contributed by atoms with E-state index in [1.807, 2.05) is 35.2 Å². The van der Waals surface area contributed by atoms with Crippen LogP contribution in [0.4, 0.5) is 5.69 Å². The second kappa shape index (κ2) is 9.41. The van der Waals surface area contributed by atoms with Gasteiger partial charge in [0.1, 0.15) is 6.04 Å². The van der Waals surface area contributed by atoms with Crippen LogP contribution in [0.25, 0.3) is 6.08 Å². The lowest BCUT2D eigenvalue weighted by molar-refractivity contribution is -0.135. The average molecular weight is 392 g/mol. The molecule has 0 saturated carbocycles. The highest BCUT2D eigenvalue weighted by Crippen LogP contribution is 2.24. The number of nitrogens with one attached hydrogen (secondary N) is 1. The van der Waals surface area contributed by atoms with Crippen molar-refractivity contribution in [2.24, 2.45) is 0 Å². The summed E-state index contributed by atoms with van der Waals surface area (Å²) in [5, 5.41) is 2.78. The molecule has 5 heteroatoms. The molecule has 2 aromatic carbocycles. The van der Waals surface area contributed by atoms with E-state index >= 15 is 0 Å². The molecular formula is C24H29N3O2. The smallest absolute Gasteiger partial charge is 0.244 e. The predicted molar refractivity (Wildman–Crippen MR) is 118 cm³/mol. The minimum atomic E-state index is -0.546. The molecule has 1 heterocycles. The molecule has 1 saturated heterocycles. The van der Waals surface area contributed by atoms with E-state index < -0.39 is 6.04 Å². The Balaban J connectivity index is 1.51. The van der Waals surface area contributed by atoms with Crippen molar-refractivity contribution in [1.82, 2.24) is 10.2 Å². The molecule has 0 bridgehead atoms. The second-order valence-corrected chi connectivity index (χ2v) is 7.51. The Kier molecular flexibility index (Phi) is 6.70. The van der Waals surface area contributed by atoms with Crippen LogP contribution in [0.15, 0.2) is 54.6 Å². The maximum Gasteiger partial charge on any atom is 0.244 e. The van der Waals surface area contributed by atoms with Crippen LogP contribution in [0.5, 0.6) is 0 Å². The number of carbonyl (C=O) groups is 2. The van der Waals surface area contributed by atoms with Crippen LogP contribution in [-0.2, 0) is 9.59 Å². The number of anilines is 1. The Hall–Kier alpha value is -3.08. The maximum absolute atomic E-state index is 12.7. The van der Waals surface area contributed by atoms with Crippen LogP contribution in [0.3, 0.4) is 0 Å². The van der Waals surface area contributed by atoms with E-state index in [0.717, 1.165) is 18.7 Å². The fraction of sp³-hybridized carbons (Fsp3) is 0.333. The van der Waals surface area contributed by atoms with Gasteiger partial charge in [-0.2, -0.15) is 0 Å². The summed E-state index contributed by atoms with van der Waals surface area (Å²) in [4.78, 5) is 29.1. The molecule has 152 valence electrons. The number of hydrogen-bond donors (Lipinski definition) is 1. The number of piperazine rings is 1. The monoisotopic (exact) mass is 391 g/mol. The van der Waals surface area contributed by atoms with E-state index in [1.165, 1.54) is 22.9 Å². The zero-order valence-corrected chi connectivity index (χ0v) is 17.4. The summed E-state index contributed by atoms with van der Waals surface area (Å²) in [5.41, 5.74) is 4.76. The van der Waals surface area contributed by atoms with Crippen molar-refractivity contribution in [2.75, 3.05) is 31.1 Å². The van der Waals surface area contributed by atoms with Crippen LogP contribution in [-0.4, -0.2) is 48.9 Å². The highest BCUT2D eigenvalue weighted by Gasteiger charge is 2.26. The van der Waals surface area contributed by atoms with Crippen molar-refractivity contribution < 1.29 is 9.59 Å². The first kappa shape index (κ1) is 20.6. The third-order valence-corrected chi connectivity index (χ3v) is 5.46. The van der Waals surface area contributed by atoms with Gasteiger partial charge >= 0.3 is 0 Å². The van der Waals surface area contributed by atoms with E-state index in [0.29, 0.717) is 13.1 Å². The lowest BCUT2D eigenvalue weighted by Crippen LogP contribution is -2.54. The lowest BCUT2D eigenvalue weighted by Gasteiger charge is -2.38. The predicted octanol–water partition coefficient (Wildman–Crippen LogP) is 3.17. The average Bonchev–Trinajstić information content (AvgIpc) is 2.74. The molecule has 0 spiro atoms. The molecule has 1 atom stereocenters. The van der Waals surface area contributed by atoms with Gasteiger partial charge < -0.3 is 15.1 Å². The first-order valence-corrected chi connectivity index (χ1v) is 10.1. The van der Waals surface area contributed by atoms with Crippen molar-refractivity contribution in [2.45, 2.75) is 26.8 Å². The second-order valence-electron chi connectivity index (χ2n) is 7.51. The molecule has 0 aliphatic carbocycles. The number of rotatable bonds is 5. The minimum Gasteiger partial charge on any atom is -0.368 e. The molecular weight excluding hydrogens is 362 g/mol. The van der Waals surface area contributed by atoms with Gasteiger partial charge in [0.15, 0.2) is 0 Å². The lowest BCUT2D eigenvalue weighted by atomic mass is 10.1. The number of benzene rings is 2. The van der Waals surface area contributed by atoms with Gasteiger partial charge in [-0.3, -0.25) is 9.59 Å². The SMILES string of the molecule is Cc1cccc(N2CCN(C(=O)C(C)NC(=O)/C=C/c3ccccc3)CC2)c1C. The Morgan fingerprint density at radius 3 is 2.34 bits per heavy atom. The highest BCUT2D eigenvalue weighted by molar-refractivity contribution is 5.95. The van der Waals surface area contributed by atoms with E-state index in [1.54, 1.807) is 13.0 Å². The van der Waals surface area contributed by atoms with E-state index in [-0.39, 0.29) is 11.8 Å². The first-order valence-electron chi connectivity index (χ1n) is 10.1. The summed E-state index contributed by atoms with van der Waals surface area (Å²) in [6.45, 7) is 8.92. The molecule has 0 aromatic heterocycles. The standard InChI is InChI=1S/C24H29N3O2/c1-18-8-7-11-22(19(18)2)26-14-16-27(17-15-26)24(29)20(3)25-23(28)13-12-21-9-5-4-6-10-21/h4-13,20H,14-17H2,1-3H3,(H,25,28)/b13-12+. The number of carbonyl (C=O) groups excluding carboxylic acids is 2. The van der Waals surface area contributed by atoms with Crippen LogP contribution in [0, 0.1) is 13.8 Å². The largest absolute Gasteiger partial charge is 0.368 e. The Labute approximate surface area is 173 Å². The van der Waals surface area contributed by atoms with Crippen molar-refractivity contribution in [3.05, 3.63) is 71.3 Å². The molecule has 0 radical (unpaired) electrons.